The molecule has 1 radical (unpaired) electrons. The lowest BCUT2D eigenvalue weighted by molar-refractivity contribution is 0.216. The van der Waals surface area contributed by atoms with E-state index in [-0.39, 0.29) is 5.28 Å². The summed E-state index contributed by atoms with van der Waals surface area (Å²) in [5.41, 5.74) is 7.60. The fourth-order valence-corrected chi connectivity index (χ4v) is 5.07. The number of hydrazine groups is 1. The van der Waals surface area contributed by atoms with Crippen LogP contribution >= 0.6 is 11.6 Å². The van der Waals surface area contributed by atoms with Crippen molar-refractivity contribution in [2.24, 2.45) is 5.92 Å². The van der Waals surface area contributed by atoms with E-state index in [1.54, 1.807) is 0 Å². The van der Waals surface area contributed by atoms with Crippen molar-refractivity contribution in [3.63, 3.8) is 0 Å². The van der Waals surface area contributed by atoms with Crippen LogP contribution in [0, 0.1) is 12.8 Å². The van der Waals surface area contributed by atoms with E-state index >= 15 is 0 Å². The molecule has 2 fully saturated rings. The SMILES string of the molecule is [CH2]c1cccc(CC2CCN(Nc3nc(Cl)nc4c3ncn4C3CCCC3)CC2)c1. The van der Waals surface area contributed by atoms with Gasteiger partial charge in [0.25, 0.3) is 0 Å². The summed E-state index contributed by atoms with van der Waals surface area (Å²) in [6.07, 6.45) is 10.2. The molecular weight excluding hydrogens is 396 g/mol. The van der Waals surface area contributed by atoms with Gasteiger partial charge in [0.2, 0.25) is 5.28 Å². The number of nitrogens with zero attached hydrogens (tertiary/aromatic N) is 5. The maximum absolute atomic E-state index is 6.28. The van der Waals surface area contributed by atoms with Gasteiger partial charge in [-0.2, -0.15) is 9.97 Å². The van der Waals surface area contributed by atoms with Crippen molar-refractivity contribution in [3.05, 3.63) is 53.9 Å². The summed E-state index contributed by atoms with van der Waals surface area (Å²) in [4.78, 5) is 13.6. The summed E-state index contributed by atoms with van der Waals surface area (Å²) >= 11 is 6.28. The number of halogens is 1. The largest absolute Gasteiger partial charge is 0.312 e. The van der Waals surface area contributed by atoms with Crippen molar-refractivity contribution in [2.45, 2.75) is 51.0 Å². The van der Waals surface area contributed by atoms with Crippen LogP contribution in [0.5, 0.6) is 0 Å². The van der Waals surface area contributed by atoms with Gasteiger partial charge in [0.05, 0.1) is 6.33 Å². The molecule has 1 aliphatic heterocycles. The highest BCUT2D eigenvalue weighted by Gasteiger charge is 2.24. The molecule has 1 aliphatic carbocycles. The van der Waals surface area contributed by atoms with Gasteiger partial charge in [-0.05, 0) is 67.7 Å². The molecule has 5 rings (SSSR count). The summed E-state index contributed by atoms with van der Waals surface area (Å²) in [6, 6.07) is 9.03. The summed E-state index contributed by atoms with van der Waals surface area (Å²) in [5, 5.41) is 2.51. The topological polar surface area (TPSA) is 58.9 Å². The smallest absolute Gasteiger partial charge is 0.226 e. The molecule has 1 saturated heterocycles. The third-order valence-electron chi connectivity index (χ3n) is 6.51. The van der Waals surface area contributed by atoms with Crippen molar-refractivity contribution in [3.8, 4) is 0 Å². The zero-order chi connectivity index (χ0) is 20.5. The molecule has 30 heavy (non-hydrogen) atoms. The molecular formula is C23H28ClN6. The minimum Gasteiger partial charge on any atom is -0.312 e. The maximum atomic E-state index is 6.28. The first-order valence-electron chi connectivity index (χ1n) is 11.0. The molecule has 0 atom stereocenters. The Labute approximate surface area is 182 Å². The average Bonchev–Trinajstić information content (AvgIpc) is 3.39. The lowest BCUT2D eigenvalue weighted by Crippen LogP contribution is -2.38. The fraction of sp³-hybridized carbons (Fsp3) is 0.478. The van der Waals surface area contributed by atoms with Crippen LogP contribution in [0.2, 0.25) is 5.28 Å². The zero-order valence-corrected chi connectivity index (χ0v) is 18.0. The van der Waals surface area contributed by atoms with E-state index in [9.17, 15) is 0 Å². The van der Waals surface area contributed by atoms with Gasteiger partial charge in [-0.3, -0.25) is 0 Å². The summed E-state index contributed by atoms with van der Waals surface area (Å²) < 4.78 is 2.18. The van der Waals surface area contributed by atoms with E-state index < -0.39 is 0 Å². The van der Waals surface area contributed by atoms with Gasteiger partial charge in [0.15, 0.2) is 17.0 Å². The normalized spacial score (nSPS) is 19.0. The molecule has 3 aromatic rings. The van der Waals surface area contributed by atoms with Gasteiger partial charge in [0.1, 0.15) is 0 Å². The Kier molecular flexibility index (Phi) is 5.61. The van der Waals surface area contributed by atoms with Crippen LogP contribution in [0.4, 0.5) is 5.82 Å². The standard InChI is InChI=1S/C23H28ClN6/c1-16-5-4-6-18(13-16)14-17-9-11-29(12-10-17)28-21-20-22(27-23(24)26-21)30(15-25-20)19-7-2-3-8-19/h4-6,13,15,17,19H,1-3,7-12,14H2,(H,26,27,28). The Morgan fingerprint density at radius 3 is 2.67 bits per heavy atom. The van der Waals surface area contributed by atoms with Crippen molar-refractivity contribution < 1.29 is 0 Å². The van der Waals surface area contributed by atoms with E-state index in [0.29, 0.717) is 17.8 Å². The molecule has 1 N–H and O–H groups in total. The monoisotopic (exact) mass is 423 g/mol. The van der Waals surface area contributed by atoms with Crippen LogP contribution in [0.25, 0.3) is 11.2 Å². The summed E-state index contributed by atoms with van der Waals surface area (Å²) in [5.74, 6) is 1.41. The second-order valence-corrected chi connectivity index (χ2v) is 9.01. The van der Waals surface area contributed by atoms with Gasteiger partial charge >= 0.3 is 0 Å². The Hall–Kier alpha value is -2.18. The molecule has 0 unspecified atom stereocenters. The number of imidazole rings is 1. The predicted molar refractivity (Wildman–Crippen MR) is 120 cm³/mol. The Morgan fingerprint density at radius 1 is 1.10 bits per heavy atom. The quantitative estimate of drug-likeness (QED) is 0.581. The second-order valence-electron chi connectivity index (χ2n) is 8.67. The molecule has 0 bridgehead atoms. The average molecular weight is 424 g/mol. The van der Waals surface area contributed by atoms with Gasteiger partial charge in [-0.1, -0.05) is 37.1 Å². The third kappa shape index (κ3) is 4.16. The number of hydrogen-bond donors (Lipinski definition) is 1. The van der Waals surface area contributed by atoms with Crippen LogP contribution in [0.3, 0.4) is 0 Å². The molecule has 157 valence electrons. The number of benzene rings is 1. The summed E-state index contributed by atoms with van der Waals surface area (Å²) in [7, 11) is 0. The Morgan fingerprint density at radius 2 is 1.90 bits per heavy atom. The van der Waals surface area contributed by atoms with Crippen LogP contribution in [0.1, 0.15) is 55.7 Å². The Balaban J connectivity index is 1.26. The highest BCUT2D eigenvalue weighted by Crippen LogP contribution is 2.33. The number of anilines is 1. The number of nitrogens with one attached hydrogen (secondary N) is 1. The molecule has 3 heterocycles. The van der Waals surface area contributed by atoms with Crippen LogP contribution in [-0.4, -0.2) is 37.6 Å². The summed E-state index contributed by atoms with van der Waals surface area (Å²) in [6.45, 7) is 5.99. The first-order chi connectivity index (χ1) is 14.7. The third-order valence-corrected chi connectivity index (χ3v) is 6.68. The predicted octanol–water partition coefficient (Wildman–Crippen LogP) is 5.06. The highest BCUT2D eigenvalue weighted by molar-refractivity contribution is 6.28. The minimum absolute atomic E-state index is 0.271. The molecule has 1 saturated carbocycles. The fourth-order valence-electron chi connectivity index (χ4n) is 4.91. The van der Waals surface area contributed by atoms with Crippen molar-refractivity contribution >= 4 is 28.6 Å². The number of aromatic nitrogens is 4. The zero-order valence-electron chi connectivity index (χ0n) is 17.2. The number of hydrogen-bond acceptors (Lipinski definition) is 5. The van der Waals surface area contributed by atoms with E-state index in [1.807, 2.05) is 6.33 Å². The van der Waals surface area contributed by atoms with Crippen molar-refractivity contribution in [1.29, 1.82) is 0 Å². The molecule has 0 amide bonds. The van der Waals surface area contributed by atoms with Crippen molar-refractivity contribution in [2.75, 3.05) is 18.5 Å². The number of fused-ring (bicyclic) bond motifs is 1. The van der Waals surface area contributed by atoms with Gasteiger partial charge in [-0.25, -0.2) is 9.99 Å². The Bertz CT molecular complexity index is 1020. The van der Waals surface area contributed by atoms with E-state index in [0.717, 1.165) is 49.1 Å². The molecule has 0 spiro atoms. The van der Waals surface area contributed by atoms with Gasteiger partial charge < -0.3 is 9.99 Å². The van der Waals surface area contributed by atoms with Crippen molar-refractivity contribution in [1.82, 2.24) is 24.5 Å². The number of rotatable bonds is 5. The first-order valence-corrected chi connectivity index (χ1v) is 11.4. The van der Waals surface area contributed by atoms with Crippen LogP contribution < -0.4 is 5.43 Å². The van der Waals surface area contributed by atoms with E-state index in [2.05, 4.69) is 61.1 Å². The first kappa shape index (κ1) is 19.8. The highest BCUT2D eigenvalue weighted by atomic mass is 35.5. The van der Waals surface area contributed by atoms with Crippen LogP contribution in [-0.2, 0) is 6.42 Å². The lowest BCUT2D eigenvalue weighted by Gasteiger charge is -2.32. The van der Waals surface area contributed by atoms with E-state index in [1.165, 1.54) is 31.2 Å². The molecule has 1 aromatic carbocycles. The molecule has 2 aromatic heterocycles. The van der Waals surface area contributed by atoms with Gasteiger partial charge in [0, 0.05) is 19.1 Å². The maximum Gasteiger partial charge on any atom is 0.226 e. The lowest BCUT2D eigenvalue weighted by atomic mass is 9.90. The molecule has 2 aliphatic rings. The van der Waals surface area contributed by atoms with Gasteiger partial charge in [-0.15, -0.1) is 0 Å². The van der Waals surface area contributed by atoms with E-state index in [4.69, 9.17) is 11.6 Å². The number of piperidine rings is 1. The molecule has 6 nitrogen and oxygen atoms in total. The second kappa shape index (κ2) is 8.52. The van der Waals surface area contributed by atoms with Crippen LogP contribution in [0.15, 0.2) is 30.6 Å². The minimum atomic E-state index is 0.271. The molecule has 7 heteroatoms.